The zero-order valence-electron chi connectivity index (χ0n) is 21.6. The molecule has 6 nitrogen and oxygen atoms in total. The number of hydrogen-bond donors (Lipinski definition) is 1. The van der Waals surface area contributed by atoms with Gasteiger partial charge in [-0.2, -0.15) is 0 Å². The Bertz CT molecular complexity index is 1210. The number of hydrogen-bond acceptors (Lipinski definition) is 7. The first-order valence-electron chi connectivity index (χ1n) is 12.1. The van der Waals surface area contributed by atoms with E-state index in [1.54, 1.807) is 26.0 Å². The summed E-state index contributed by atoms with van der Waals surface area (Å²) in [6.45, 7) is 5.54. The molecule has 1 aliphatic heterocycles. The zero-order valence-corrected chi connectivity index (χ0v) is 22.4. The minimum atomic E-state index is -0.486. The van der Waals surface area contributed by atoms with Crippen LogP contribution in [0.3, 0.4) is 0 Å². The molecule has 2 aromatic rings. The number of benzene rings is 2. The average molecular weight is 508 g/mol. The Morgan fingerprint density at radius 1 is 1.00 bits per heavy atom. The molecule has 0 saturated carbocycles. The van der Waals surface area contributed by atoms with Gasteiger partial charge in [0.25, 0.3) is 0 Å². The lowest BCUT2D eigenvalue weighted by Crippen LogP contribution is -2.42. The summed E-state index contributed by atoms with van der Waals surface area (Å²) in [5.41, 5.74) is 3.95. The lowest BCUT2D eigenvalue weighted by molar-refractivity contribution is -0.143. The molecule has 7 heteroatoms. The Hall–Kier alpha value is -3.19. The number of allylic oxidation sites excluding steroid dienone is 3. The lowest BCUT2D eigenvalue weighted by atomic mass is 9.68. The van der Waals surface area contributed by atoms with Crippen LogP contribution < -0.4 is 14.8 Å². The van der Waals surface area contributed by atoms with Gasteiger partial charge in [0, 0.05) is 34.5 Å². The fourth-order valence-corrected chi connectivity index (χ4v) is 5.50. The first-order chi connectivity index (χ1) is 17.3. The van der Waals surface area contributed by atoms with Gasteiger partial charge in [0.15, 0.2) is 11.5 Å². The molecule has 0 saturated heterocycles. The van der Waals surface area contributed by atoms with E-state index in [1.807, 2.05) is 69.5 Å². The van der Waals surface area contributed by atoms with Crippen molar-refractivity contribution in [2.24, 2.45) is 5.92 Å². The van der Waals surface area contributed by atoms with Crippen molar-refractivity contribution < 1.29 is 23.8 Å². The van der Waals surface area contributed by atoms with Crippen molar-refractivity contribution in [1.29, 1.82) is 0 Å². The van der Waals surface area contributed by atoms with Gasteiger partial charge < -0.3 is 19.5 Å². The van der Waals surface area contributed by atoms with Gasteiger partial charge in [-0.1, -0.05) is 24.3 Å². The topological polar surface area (TPSA) is 73.9 Å². The Labute approximate surface area is 217 Å². The van der Waals surface area contributed by atoms with Crippen LogP contribution in [0.15, 0.2) is 70.4 Å². The van der Waals surface area contributed by atoms with Gasteiger partial charge in [-0.15, -0.1) is 11.8 Å². The van der Waals surface area contributed by atoms with Crippen LogP contribution in [0, 0.1) is 5.92 Å². The van der Waals surface area contributed by atoms with Crippen molar-refractivity contribution >= 4 is 23.5 Å². The standard InChI is InChI=1S/C29H33NO5S/c1-16(2)35-29(32)26-17(3)30-22-13-20(19-9-12-24(33-4)25(15-19)34-5)14-23(31)28(22)27(26)18-7-10-21(36-6)11-8-18/h7-13,15-16,20,27-28,30H,14H2,1-6H3. The minimum absolute atomic E-state index is 0.0843. The molecule has 3 unspecified atom stereocenters. The first-order valence-corrected chi connectivity index (χ1v) is 13.3. The monoisotopic (exact) mass is 507 g/mol. The highest BCUT2D eigenvalue weighted by Crippen LogP contribution is 2.47. The maximum Gasteiger partial charge on any atom is 0.336 e. The molecule has 0 bridgehead atoms. The molecule has 0 spiro atoms. The SMILES string of the molecule is COc1ccc(C2C=C3NC(C)=C(C(=O)OC(C)C)C(c4ccc(SC)cc4)C3C(=O)C2)cc1OC. The van der Waals surface area contributed by atoms with Crippen LogP contribution in [0.1, 0.15) is 50.2 Å². The number of carbonyl (C=O) groups is 2. The largest absolute Gasteiger partial charge is 0.493 e. The summed E-state index contributed by atoms with van der Waals surface area (Å²) in [5, 5.41) is 3.39. The Balaban J connectivity index is 1.80. The quantitative estimate of drug-likeness (QED) is 0.387. The van der Waals surface area contributed by atoms with E-state index in [1.165, 1.54) is 0 Å². The van der Waals surface area contributed by atoms with E-state index in [4.69, 9.17) is 14.2 Å². The highest BCUT2D eigenvalue weighted by Gasteiger charge is 2.45. The number of carbonyl (C=O) groups excluding carboxylic acids is 2. The Kier molecular flexibility index (Phi) is 7.79. The molecular formula is C29H33NO5S. The van der Waals surface area contributed by atoms with E-state index >= 15 is 0 Å². The summed E-state index contributed by atoms with van der Waals surface area (Å²) in [6.07, 6.45) is 4.21. The normalized spacial score (nSPS) is 21.5. The van der Waals surface area contributed by atoms with Gasteiger partial charge in [-0.3, -0.25) is 4.79 Å². The van der Waals surface area contributed by atoms with E-state index in [-0.39, 0.29) is 23.8 Å². The van der Waals surface area contributed by atoms with Crippen molar-refractivity contribution in [3.05, 3.63) is 76.6 Å². The highest BCUT2D eigenvalue weighted by atomic mass is 32.2. The summed E-state index contributed by atoms with van der Waals surface area (Å²) in [6, 6.07) is 13.8. The fraction of sp³-hybridized carbons (Fsp3) is 0.379. The predicted molar refractivity (Wildman–Crippen MR) is 142 cm³/mol. The second kappa shape index (κ2) is 10.8. The molecule has 0 aromatic heterocycles. The minimum Gasteiger partial charge on any atom is -0.493 e. The maximum atomic E-state index is 13.8. The third kappa shape index (κ3) is 5.03. The second-order valence-corrected chi connectivity index (χ2v) is 10.2. The smallest absolute Gasteiger partial charge is 0.336 e. The van der Waals surface area contributed by atoms with E-state index in [2.05, 4.69) is 11.4 Å². The summed E-state index contributed by atoms with van der Waals surface area (Å²) in [5.74, 6) is -0.0541. The molecule has 2 aromatic carbocycles. The van der Waals surface area contributed by atoms with Crippen molar-refractivity contribution in [1.82, 2.24) is 5.32 Å². The Morgan fingerprint density at radius 2 is 1.67 bits per heavy atom. The van der Waals surface area contributed by atoms with E-state index in [9.17, 15) is 9.59 Å². The molecule has 3 atom stereocenters. The second-order valence-electron chi connectivity index (χ2n) is 9.36. The number of ether oxygens (including phenoxy) is 3. The summed E-state index contributed by atoms with van der Waals surface area (Å²) in [7, 11) is 3.20. The van der Waals surface area contributed by atoms with Crippen molar-refractivity contribution in [3.8, 4) is 11.5 Å². The maximum absolute atomic E-state index is 13.8. The van der Waals surface area contributed by atoms with Crippen LogP contribution >= 0.6 is 11.8 Å². The first kappa shape index (κ1) is 25.9. The molecule has 1 N–H and O–H groups in total. The molecule has 0 fully saturated rings. The molecule has 190 valence electrons. The van der Waals surface area contributed by atoms with Crippen LogP contribution in [-0.2, 0) is 14.3 Å². The number of nitrogens with one attached hydrogen (secondary N) is 1. The molecule has 1 aliphatic carbocycles. The summed E-state index contributed by atoms with van der Waals surface area (Å²) < 4.78 is 16.5. The third-order valence-corrected chi connectivity index (χ3v) is 7.48. The number of ketones is 1. The number of Topliss-reactive ketones (excluding diaryl/α,β-unsaturated/α-hetero) is 1. The Morgan fingerprint density at radius 3 is 2.28 bits per heavy atom. The zero-order chi connectivity index (χ0) is 26.0. The fourth-order valence-electron chi connectivity index (χ4n) is 5.09. The summed E-state index contributed by atoms with van der Waals surface area (Å²) >= 11 is 1.65. The molecule has 0 amide bonds. The van der Waals surface area contributed by atoms with Gasteiger partial charge in [0.1, 0.15) is 5.78 Å². The molecule has 1 heterocycles. The van der Waals surface area contributed by atoms with Gasteiger partial charge in [0.05, 0.1) is 31.8 Å². The van der Waals surface area contributed by atoms with Crippen LogP contribution in [-0.4, -0.2) is 38.3 Å². The van der Waals surface area contributed by atoms with Gasteiger partial charge in [-0.25, -0.2) is 4.79 Å². The summed E-state index contributed by atoms with van der Waals surface area (Å²) in [4.78, 5) is 28.1. The molecule has 4 rings (SSSR count). The number of fused-ring (bicyclic) bond motifs is 1. The molecule has 0 radical (unpaired) electrons. The van der Waals surface area contributed by atoms with Crippen molar-refractivity contribution in [2.45, 2.75) is 50.0 Å². The number of esters is 1. The van der Waals surface area contributed by atoms with Gasteiger partial charge in [-0.05, 0) is 62.4 Å². The third-order valence-electron chi connectivity index (χ3n) is 6.74. The van der Waals surface area contributed by atoms with Crippen LogP contribution in [0.25, 0.3) is 0 Å². The molecular weight excluding hydrogens is 474 g/mol. The van der Waals surface area contributed by atoms with Crippen LogP contribution in [0.2, 0.25) is 0 Å². The van der Waals surface area contributed by atoms with E-state index < -0.39 is 11.8 Å². The van der Waals surface area contributed by atoms with Crippen LogP contribution in [0.5, 0.6) is 11.5 Å². The van der Waals surface area contributed by atoms with E-state index in [0.29, 0.717) is 29.2 Å². The lowest BCUT2D eigenvalue weighted by Gasteiger charge is -2.39. The van der Waals surface area contributed by atoms with E-state index in [0.717, 1.165) is 21.7 Å². The van der Waals surface area contributed by atoms with Gasteiger partial charge >= 0.3 is 5.97 Å². The van der Waals surface area contributed by atoms with Crippen molar-refractivity contribution in [3.63, 3.8) is 0 Å². The molecule has 36 heavy (non-hydrogen) atoms. The van der Waals surface area contributed by atoms with Gasteiger partial charge in [0.2, 0.25) is 0 Å². The van der Waals surface area contributed by atoms with Crippen molar-refractivity contribution in [2.75, 3.05) is 20.5 Å². The average Bonchev–Trinajstić information content (AvgIpc) is 2.86. The van der Waals surface area contributed by atoms with Crippen LogP contribution in [0.4, 0.5) is 0 Å². The number of thioether (sulfide) groups is 1. The predicted octanol–water partition coefficient (Wildman–Crippen LogP) is 5.59. The number of methoxy groups -OCH3 is 2. The number of rotatable bonds is 7. The highest BCUT2D eigenvalue weighted by molar-refractivity contribution is 7.98. The molecule has 2 aliphatic rings.